The molecule has 3 aromatic heterocycles. The second-order valence-electron chi connectivity index (χ2n) is 12.9. The number of hydrogen-bond acceptors (Lipinski definition) is 4. The zero-order valence-corrected chi connectivity index (χ0v) is 27.9. The lowest BCUT2D eigenvalue weighted by molar-refractivity contribution is 0.669. The fourth-order valence-corrected chi connectivity index (χ4v) is 7.44. The first-order valence-electron chi connectivity index (χ1n) is 17.2. The summed E-state index contributed by atoms with van der Waals surface area (Å²) >= 11 is 0. The lowest BCUT2D eigenvalue weighted by Gasteiger charge is -2.13. The Balaban J connectivity index is 1.13. The summed E-state index contributed by atoms with van der Waals surface area (Å²) in [5.74, 6) is 0.637. The molecule has 0 aliphatic heterocycles. The minimum absolute atomic E-state index is 0.612. The summed E-state index contributed by atoms with van der Waals surface area (Å²) in [6, 6.07) is 60.1. The lowest BCUT2D eigenvalue weighted by Crippen LogP contribution is -1.99. The molecule has 0 saturated carbocycles. The van der Waals surface area contributed by atoms with Crippen molar-refractivity contribution in [2.45, 2.75) is 0 Å². The fourth-order valence-electron chi connectivity index (χ4n) is 7.44. The normalized spacial score (nSPS) is 11.4. The van der Waals surface area contributed by atoms with Gasteiger partial charge in [-0.3, -0.25) is 0 Å². The Labute approximate surface area is 299 Å². The zero-order valence-electron chi connectivity index (χ0n) is 27.9. The number of hydrogen-bond donors (Lipinski definition) is 0. The smallest absolute Gasteiger partial charge is 0.160 e. The van der Waals surface area contributed by atoms with Crippen LogP contribution in [0.1, 0.15) is 5.56 Å². The number of para-hydroxylation sites is 2. The van der Waals surface area contributed by atoms with Crippen molar-refractivity contribution in [2.24, 2.45) is 0 Å². The van der Waals surface area contributed by atoms with Crippen molar-refractivity contribution in [2.75, 3.05) is 0 Å². The van der Waals surface area contributed by atoms with Crippen molar-refractivity contribution >= 4 is 43.7 Å². The second kappa shape index (κ2) is 11.9. The molecule has 5 nitrogen and oxygen atoms in total. The van der Waals surface area contributed by atoms with Gasteiger partial charge in [-0.05, 0) is 60.2 Å². The Bertz CT molecular complexity index is 2910. The number of rotatable bonds is 5. The minimum Gasteiger partial charge on any atom is -0.456 e. The number of furan rings is 1. The number of benzene rings is 7. The van der Waals surface area contributed by atoms with E-state index in [4.69, 9.17) is 14.4 Å². The van der Waals surface area contributed by atoms with Crippen LogP contribution in [0, 0.1) is 11.3 Å². The van der Waals surface area contributed by atoms with Crippen LogP contribution < -0.4 is 0 Å². The number of nitriles is 1. The Kier molecular flexibility index (Phi) is 6.80. The Hall–Kier alpha value is -7.29. The summed E-state index contributed by atoms with van der Waals surface area (Å²) in [6.07, 6.45) is 0. The van der Waals surface area contributed by atoms with Gasteiger partial charge in [-0.25, -0.2) is 9.97 Å². The van der Waals surface area contributed by atoms with Gasteiger partial charge in [0.25, 0.3) is 0 Å². The van der Waals surface area contributed by atoms with Gasteiger partial charge in [-0.1, -0.05) is 115 Å². The largest absolute Gasteiger partial charge is 0.456 e. The van der Waals surface area contributed by atoms with E-state index in [9.17, 15) is 5.26 Å². The maximum atomic E-state index is 10.7. The third-order valence-electron chi connectivity index (χ3n) is 9.88. The van der Waals surface area contributed by atoms with E-state index < -0.39 is 0 Å². The summed E-state index contributed by atoms with van der Waals surface area (Å²) in [6.45, 7) is 0. The van der Waals surface area contributed by atoms with Crippen LogP contribution in [-0.2, 0) is 0 Å². The van der Waals surface area contributed by atoms with Gasteiger partial charge in [0.1, 0.15) is 17.2 Å². The van der Waals surface area contributed by atoms with Gasteiger partial charge in [0.15, 0.2) is 5.82 Å². The zero-order chi connectivity index (χ0) is 34.6. The number of nitrogens with zero attached hydrogens (tertiary/aromatic N) is 4. The number of aromatic nitrogens is 3. The molecule has 0 radical (unpaired) electrons. The van der Waals surface area contributed by atoms with E-state index >= 15 is 0 Å². The average molecular weight is 665 g/mol. The van der Waals surface area contributed by atoms with Gasteiger partial charge in [0.05, 0.1) is 33.7 Å². The average Bonchev–Trinajstić information content (AvgIpc) is 3.76. The van der Waals surface area contributed by atoms with E-state index in [0.29, 0.717) is 11.4 Å². The maximum absolute atomic E-state index is 10.7. The van der Waals surface area contributed by atoms with Crippen LogP contribution in [0.3, 0.4) is 0 Å². The molecule has 3 heterocycles. The summed E-state index contributed by atoms with van der Waals surface area (Å²) < 4.78 is 8.55. The topological polar surface area (TPSA) is 67.6 Å². The molecule has 10 aromatic rings. The van der Waals surface area contributed by atoms with E-state index in [1.54, 1.807) is 0 Å². The van der Waals surface area contributed by atoms with Crippen LogP contribution in [0.15, 0.2) is 174 Å². The van der Waals surface area contributed by atoms with Crippen molar-refractivity contribution in [3.05, 3.63) is 175 Å². The molecule has 0 saturated heterocycles. The molecule has 5 heteroatoms. The Morgan fingerprint density at radius 3 is 1.60 bits per heavy atom. The SMILES string of the molecule is N#Cc1c(-c2ccc3oc4ccc(-c5nc(-c6ccccc6)cc(-c6ccccc6)n5)cc4c3c2)cccc1-n1c2ccccc2c2ccccc21. The first kappa shape index (κ1) is 29.6. The van der Waals surface area contributed by atoms with E-state index in [1.165, 1.54) is 0 Å². The quantitative estimate of drug-likeness (QED) is 0.184. The van der Waals surface area contributed by atoms with Crippen molar-refractivity contribution in [3.63, 3.8) is 0 Å². The first-order chi connectivity index (χ1) is 25.7. The molecule has 0 amide bonds. The highest BCUT2D eigenvalue weighted by Crippen LogP contribution is 2.39. The third kappa shape index (κ3) is 4.78. The molecule has 0 unspecified atom stereocenters. The van der Waals surface area contributed by atoms with E-state index in [1.807, 2.05) is 97.1 Å². The van der Waals surface area contributed by atoms with Crippen LogP contribution in [0.5, 0.6) is 0 Å². The molecule has 242 valence electrons. The fraction of sp³-hybridized carbons (Fsp3) is 0. The third-order valence-corrected chi connectivity index (χ3v) is 9.88. The molecule has 0 N–H and O–H groups in total. The molecule has 0 atom stereocenters. The predicted octanol–water partition coefficient (Wildman–Crippen LogP) is 12.0. The molecule has 52 heavy (non-hydrogen) atoms. The van der Waals surface area contributed by atoms with Crippen molar-refractivity contribution in [1.82, 2.24) is 14.5 Å². The van der Waals surface area contributed by atoms with Crippen LogP contribution in [0.4, 0.5) is 0 Å². The molecular formula is C47H28N4O. The van der Waals surface area contributed by atoms with E-state index in [2.05, 4.69) is 83.4 Å². The van der Waals surface area contributed by atoms with Gasteiger partial charge in [-0.2, -0.15) is 5.26 Å². The Morgan fingerprint density at radius 1 is 0.462 bits per heavy atom. The summed E-state index contributed by atoms with van der Waals surface area (Å²) in [4.78, 5) is 10.1. The highest BCUT2D eigenvalue weighted by molar-refractivity contribution is 6.10. The van der Waals surface area contributed by atoms with Gasteiger partial charge < -0.3 is 8.98 Å². The van der Waals surface area contributed by atoms with Crippen LogP contribution in [-0.4, -0.2) is 14.5 Å². The van der Waals surface area contributed by atoms with Gasteiger partial charge in [0.2, 0.25) is 0 Å². The van der Waals surface area contributed by atoms with Crippen molar-refractivity contribution < 1.29 is 4.42 Å². The standard InChI is InChI=1S/C47H28N4O/c48-29-39-34(18-11-21-44(39)51-42-19-9-7-16-35(42)36-17-8-10-20-43(36)51)32-22-24-45-37(26-32)38-27-33(23-25-46(38)52-45)47-49-40(30-12-3-1-4-13-30)28-41(50-47)31-14-5-2-6-15-31/h1-28H. The minimum atomic E-state index is 0.612. The summed E-state index contributed by atoms with van der Waals surface area (Å²) in [5.41, 5.74) is 11.6. The number of fused-ring (bicyclic) bond motifs is 6. The van der Waals surface area contributed by atoms with E-state index in [-0.39, 0.29) is 0 Å². The van der Waals surface area contributed by atoms with Crippen molar-refractivity contribution in [1.29, 1.82) is 5.26 Å². The summed E-state index contributed by atoms with van der Waals surface area (Å²) in [7, 11) is 0. The Morgan fingerprint density at radius 2 is 1.00 bits per heavy atom. The molecule has 0 aliphatic carbocycles. The van der Waals surface area contributed by atoms with Crippen LogP contribution in [0.25, 0.3) is 94.5 Å². The van der Waals surface area contributed by atoms with E-state index in [0.717, 1.165) is 88.6 Å². The predicted molar refractivity (Wildman–Crippen MR) is 210 cm³/mol. The molecule has 10 rings (SSSR count). The van der Waals surface area contributed by atoms with Gasteiger partial charge in [0, 0.05) is 43.8 Å². The molecule has 0 bridgehead atoms. The van der Waals surface area contributed by atoms with Crippen LogP contribution >= 0.6 is 0 Å². The highest BCUT2D eigenvalue weighted by Gasteiger charge is 2.19. The molecular weight excluding hydrogens is 637 g/mol. The second-order valence-corrected chi connectivity index (χ2v) is 12.9. The lowest BCUT2D eigenvalue weighted by atomic mass is 9.97. The molecule has 0 aliphatic rings. The molecule has 7 aromatic carbocycles. The monoisotopic (exact) mass is 664 g/mol. The maximum Gasteiger partial charge on any atom is 0.160 e. The van der Waals surface area contributed by atoms with Crippen LogP contribution in [0.2, 0.25) is 0 Å². The van der Waals surface area contributed by atoms with Gasteiger partial charge in [-0.15, -0.1) is 0 Å². The molecule has 0 fully saturated rings. The molecule has 0 spiro atoms. The summed E-state index contributed by atoms with van der Waals surface area (Å²) in [5, 5.41) is 15.0. The highest BCUT2D eigenvalue weighted by atomic mass is 16.3. The first-order valence-corrected chi connectivity index (χ1v) is 17.2. The van der Waals surface area contributed by atoms with Gasteiger partial charge >= 0.3 is 0 Å². The van der Waals surface area contributed by atoms with Crippen molar-refractivity contribution in [3.8, 4) is 56.8 Å².